The second kappa shape index (κ2) is 9.62. The van der Waals surface area contributed by atoms with Gasteiger partial charge < -0.3 is 15.0 Å². The van der Waals surface area contributed by atoms with Crippen LogP contribution in [0, 0.1) is 18.7 Å². The number of aryl methyl sites for hydroxylation is 1. The summed E-state index contributed by atoms with van der Waals surface area (Å²) in [7, 11) is 0. The molecule has 0 unspecified atom stereocenters. The molecular weight excluding hydrogens is 461 g/mol. The van der Waals surface area contributed by atoms with Crippen molar-refractivity contribution in [2.45, 2.75) is 44.8 Å². The van der Waals surface area contributed by atoms with Gasteiger partial charge in [-0.2, -0.15) is 0 Å². The Balaban J connectivity index is 1.44. The van der Waals surface area contributed by atoms with E-state index in [1.807, 2.05) is 6.92 Å². The van der Waals surface area contributed by atoms with Crippen LogP contribution in [0.15, 0.2) is 42.5 Å². The molecular formula is C25H27ClFN3O4. The maximum atomic E-state index is 14.4. The van der Waals surface area contributed by atoms with Gasteiger partial charge in [-0.05, 0) is 68.0 Å². The fourth-order valence-electron chi connectivity index (χ4n) is 4.84. The lowest BCUT2D eigenvalue weighted by atomic mass is 9.74. The SMILES string of the molecule is Cc1cc(Cl)ccc1O[C@@H](C)C(=O)N1CCC([C@@]2(Cc3ccccc3F)NC(=O)NC2=O)CC1. The van der Waals surface area contributed by atoms with E-state index in [4.69, 9.17) is 16.3 Å². The maximum absolute atomic E-state index is 14.4. The number of hydrogen-bond donors (Lipinski definition) is 2. The normalized spacial score (nSPS) is 21.7. The molecule has 0 aromatic heterocycles. The Hall–Kier alpha value is -3.13. The molecule has 2 aliphatic heterocycles. The van der Waals surface area contributed by atoms with Gasteiger partial charge in [-0.15, -0.1) is 0 Å². The number of benzene rings is 2. The van der Waals surface area contributed by atoms with E-state index in [2.05, 4.69) is 10.6 Å². The molecule has 180 valence electrons. The Morgan fingerprint density at radius 1 is 1.24 bits per heavy atom. The lowest BCUT2D eigenvalue weighted by Crippen LogP contribution is -2.58. The number of likely N-dealkylation sites (tertiary alicyclic amines) is 1. The zero-order valence-corrected chi connectivity index (χ0v) is 19.8. The second-order valence-corrected chi connectivity index (χ2v) is 9.35. The third kappa shape index (κ3) is 4.73. The van der Waals surface area contributed by atoms with E-state index < -0.39 is 29.4 Å². The first-order valence-corrected chi connectivity index (χ1v) is 11.7. The third-order valence-electron chi connectivity index (χ3n) is 6.69. The molecule has 34 heavy (non-hydrogen) atoms. The minimum absolute atomic E-state index is 0.0468. The molecule has 4 amide bonds. The predicted octanol–water partition coefficient (Wildman–Crippen LogP) is 3.61. The van der Waals surface area contributed by atoms with Gasteiger partial charge in [0.1, 0.15) is 17.1 Å². The van der Waals surface area contributed by atoms with Crippen LogP contribution in [0.3, 0.4) is 0 Å². The minimum Gasteiger partial charge on any atom is -0.481 e. The highest BCUT2D eigenvalue weighted by Crippen LogP contribution is 2.35. The molecule has 4 rings (SSSR count). The van der Waals surface area contributed by atoms with Crippen molar-refractivity contribution in [3.05, 3.63) is 64.4 Å². The van der Waals surface area contributed by atoms with Crippen molar-refractivity contribution < 1.29 is 23.5 Å². The highest BCUT2D eigenvalue weighted by molar-refractivity contribution is 6.30. The molecule has 0 bridgehead atoms. The number of ether oxygens (including phenoxy) is 1. The van der Waals surface area contributed by atoms with Crippen LogP contribution < -0.4 is 15.4 Å². The molecule has 0 aliphatic carbocycles. The number of carbonyl (C=O) groups is 3. The summed E-state index contributed by atoms with van der Waals surface area (Å²) < 4.78 is 20.2. The van der Waals surface area contributed by atoms with Crippen LogP contribution >= 0.6 is 11.6 Å². The van der Waals surface area contributed by atoms with E-state index in [-0.39, 0.29) is 18.2 Å². The van der Waals surface area contributed by atoms with Gasteiger partial charge in [0, 0.05) is 24.5 Å². The molecule has 2 saturated heterocycles. The molecule has 2 heterocycles. The number of nitrogens with zero attached hydrogens (tertiary/aromatic N) is 1. The van der Waals surface area contributed by atoms with Crippen LogP contribution in [-0.4, -0.2) is 47.5 Å². The number of piperidine rings is 1. The van der Waals surface area contributed by atoms with Gasteiger partial charge in [-0.3, -0.25) is 14.9 Å². The smallest absolute Gasteiger partial charge is 0.322 e. The van der Waals surface area contributed by atoms with E-state index >= 15 is 0 Å². The van der Waals surface area contributed by atoms with Crippen LogP contribution in [0.5, 0.6) is 5.75 Å². The fraction of sp³-hybridized carbons (Fsp3) is 0.400. The summed E-state index contributed by atoms with van der Waals surface area (Å²) in [6.45, 7) is 4.37. The van der Waals surface area contributed by atoms with Gasteiger partial charge in [0.05, 0.1) is 0 Å². The van der Waals surface area contributed by atoms with Crippen LogP contribution in [0.25, 0.3) is 0 Å². The third-order valence-corrected chi connectivity index (χ3v) is 6.92. The number of halogens is 2. The first kappa shape index (κ1) is 24.0. The number of amides is 4. The number of imide groups is 1. The standard InChI is InChI=1S/C25H27ClFN3O4/c1-15-13-19(26)7-8-21(15)34-16(2)22(31)30-11-9-18(10-12-30)25(23(32)28-24(33)29-25)14-17-5-3-4-6-20(17)27/h3-8,13,16,18H,9-12,14H2,1-2H3,(H2,28,29,32,33)/t16-,25+/m0/s1. The van der Waals surface area contributed by atoms with E-state index in [1.54, 1.807) is 48.2 Å². The molecule has 2 aliphatic rings. The predicted molar refractivity (Wildman–Crippen MR) is 125 cm³/mol. The molecule has 2 aromatic carbocycles. The monoisotopic (exact) mass is 487 g/mol. The van der Waals surface area contributed by atoms with Gasteiger partial charge in [-0.1, -0.05) is 29.8 Å². The van der Waals surface area contributed by atoms with Crippen molar-refractivity contribution >= 4 is 29.4 Å². The van der Waals surface area contributed by atoms with E-state index in [9.17, 15) is 18.8 Å². The Labute approximate surface area is 202 Å². The summed E-state index contributed by atoms with van der Waals surface area (Å²) in [5, 5.41) is 5.68. The lowest BCUT2D eigenvalue weighted by Gasteiger charge is -2.41. The summed E-state index contributed by atoms with van der Waals surface area (Å²) in [6, 6.07) is 10.9. The maximum Gasteiger partial charge on any atom is 0.322 e. The molecule has 7 nitrogen and oxygen atoms in total. The van der Waals surface area contributed by atoms with Crippen LogP contribution in [0.1, 0.15) is 30.9 Å². The topological polar surface area (TPSA) is 87.7 Å². The molecule has 2 aromatic rings. The van der Waals surface area contributed by atoms with Gasteiger partial charge in [0.15, 0.2) is 6.10 Å². The van der Waals surface area contributed by atoms with Crippen molar-refractivity contribution in [2.24, 2.45) is 5.92 Å². The summed E-state index contributed by atoms with van der Waals surface area (Å²) in [4.78, 5) is 39.6. The number of urea groups is 1. The Morgan fingerprint density at radius 2 is 1.94 bits per heavy atom. The first-order chi connectivity index (χ1) is 16.2. The zero-order valence-electron chi connectivity index (χ0n) is 19.1. The molecule has 2 N–H and O–H groups in total. The largest absolute Gasteiger partial charge is 0.481 e. The number of rotatable bonds is 6. The Morgan fingerprint density at radius 3 is 2.56 bits per heavy atom. The summed E-state index contributed by atoms with van der Waals surface area (Å²) in [5.74, 6) is -0.699. The van der Waals surface area contributed by atoms with Crippen molar-refractivity contribution in [1.29, 1.82) is 0 Å². The Bertz CT molecular complexity index is 1120. The van der Waals surface area contributed by atoms with Crippen molar-refractivity contribution in [3.8, 4) is 5.75 Å². The molecule has 9 heteroatoms. The number of nitrogens with one attached hydrogen (secondary N) is 2. The first-order valence-electron chi connectivity index (χ1n) is 11.3. The summed E-state index contributed by atoms with van der Waals surface area (Å²) >= 11 is 5.99. The van der Waals surface area contributed by atoms with Gasteiger partial charge in [-0.25, -0.2) is 9.18 Å². The van der Waals surface area contributed by atoms with Crippen LogP contribution in [-0.2, 0) is 16.0 Å². The second-order valence-electron chi connectivity index (χ2n) is 8.92. The average Bonchev–Trinajstić information content (AvgIpc) is 3.10. The summed E-state index contributed by atoms with van der Waals surface area (Å²) in [6.07, 6.45) is 0.324. The van der Waals surface area contributed by atoms with Crippen LogP contribution in [0.2, 0.25) is 5.02 Å². The highest BCUT2D eigenvalue weighted by atomic mass is 35.5. The number of carbonyl (C=O) groups excluding carboxylic acids is 3. The van der Waals surface area contributed by atoms with Gasteiger partial charge >= 0.3 is 6.03 Å². The average molecular weight is 488 g/mol. The van der Waals surface area contributed by atoms with Gasteiger partial charge in [0.25, 0.3) is 11.8 Å². The van der Waals surface area contributed by atoms with E-state index in [0.29, 0.717) is 42.3 Å². The van der Waals surface area contributed by atoms with Crippen molar-refractivity contribution in [1.82, 2.24) is 15.5 Å². The number of hydrogen-bond acceptors (Lipinski definition) is 4. The molecule has 0 radical (unpaired) electrons. The highest BCUT2D eigenvalue weighted by Gasteiger charge is 2.52. The van der Waals surface area contributed by atoms with Crippen LogP contribution in [0.4, 0.5) is 9.18 Å². The Kier molecular flexibility index (Phi) is 6.79. The molecule has 0 spiro atoms. The lowest BCUT2D eigenvalue weighted by molar-refractivity contribution is -0.140. The zero-order chi connectivity index (χ0) is 24.5. The quantitative estimate of drug-likeness (QED) is 0.609. The van der Waals surface area contributed by atoms with Gasteiger partial charge in [0.2, 0.25) is 0 Å². The molecule has 2 atom stereocenters. The molecule has 2 fully saturated rings. The fourth-order valence-corrected chi connectivity index (χ4v) is 5.07. The van der Waals surface area contributed by atoms with E-state index in [0.717, 1.165) is 5.56 Å². The minimum atomic E-state index is -1.25. The molecule has 0 saturated carbocycles. The van der Waals surface area contributed by atoms with E-state index in [1.165, 1.54) is 6.07 Å². The summed E-state index contributed by atoms with van der Waals surface area (Å²) in [5.41, 5.74) is -0.0561. The van der Waals surface area contributed by atoms with Crippen molar-refractivity contribution in [3.63, 3.8) is 0 Å². The van der Waals surface area contributed by atoms with Crippen molar-refractivity contribution in [2.75, 3.05) is 13.1 Å².